The van der Waals surface area contributed by atoms with Gasteiger partial charge in [-0.05, 0) is 0 Å². The molecule has 0 aliphatic rings. The lowest BCUT2D eigenvalue weighted by atomic mass is 10.1. The summed E-state index contributed by atoms with van der Waals surface area (Å²) in [7, 11) is 0. The summed E-state index contributed by atoms with van der Waals surface area (Å²) in [5, 5.41) is 0. The van der Waals surface area contributed by atoms with Gasteiger partial charge in [0.25, 0.3) is 0 Å². The van der Waals surface area contributed by atoms with Crippen LogP contribution in [0.4, 0.5) is 30.7 Å². The van der Waals surface area contributed by atoms with E-state index in [0.29, 0.717) is 0 Å². The molecule has 1 unspecified atom stereocenters. The van der Waals surface area contributed by atoms with Crippen molar-refractivity contribution >= 4 is 0 Å². The van der Waals surface area contributed by atoms with Gasteiger partial charge in [-0.3, -0.25) is 0 Å². The van der Waals surface area contributed by atoms with E-state index < -0.39 is 24.4 Å². The van der Waals surface area contributed by atoms with Crippen LogP contribution >= 0.6 is 0 Å². The van der Waals surface area contributed by atoms with Crippen LogP contribution in [0.15, 0.2) is 12.7 Å². The van der Waals surface area contributed by atoms with Gasteiger partial charge in [-0.15, -0.1) is 0 Å². The van der Waals surface area contributed by atoms with Crippen LogP contribution in [0.2, 0.25) is 0 Å². The summed E-state index contributed by atoms with van der Waals surface area (Å²) in [5.41, 5.74) is 0. The maximum atomic E-state index is 12.2. The van der Waals surface area contributed by atoms with Gasteiger partial charge in [0, 0.05) is 0 Å². The van der Waals surface area contributed by atoms with Gasteiger partial charge in [-0.1, -0.05) is 12.7 Å². The molecule has 0 aromatic rings. The van der Waals surface area contributed by atoms with Crippen LogP contribution < -0.4 is 0 Å². The highest BCUT2D eigenvalue weighted by Crippen LogP contribution is 2.42. The maximum Gasteiger partial charge on any atom is 0.372 e. The van der Waals surface area contributed by atoms with Gasteiger partial charge in [-0.2, -0.15) is 17.6 Å². The monoisotopic (exact) mass is 210 g/mol. The minimum absolute atomic E-state index is 0.156. The summed E-state index contributed by atoms with van der Waals surface area (Å²) >= 11 is 0. The Kier molecular flexibility index (Phi) is 3.34. The Balaban J connectivity index is 4.90. The number of hydrogen-bond acceptors (Lipinski definition) is 0. The van der Waals surface area contributed by atoms with E-state index >= 15 is 0 Å². The number of halogens is 7. The van der Waals surface area contributed by atoms with Crippen molar-refractivity contribution in [3.63, 3.8) is 0 Å². The zero-order valence-corrected chi connectivity index (χ0v) is 6.08. The van der Waals surface area contributed by atoms with Crippen LogP contribution in [0.5, 0.6) is 0 Å². The van der Waals surface area contributed by atoms with Crippen molar-refractivity contribution in [1.82, 2.24) is 0 Å². The molecule has 7 heteroatoms. The molecule has 0 N–H and O–H groups in total. The molecule has 1 atom stereocenters. The fourth-order valence-electron chi connectivity index (χ4n) is 0.477. The Morgan fingerprint density at radius 3 is 1.54 bits per heavy atom. The van der Waals surface area contributed by atoms with E-state index in [-0.39, 0.29) is 6.08 Å². The third kappa shape index (κ3) is 1.94. The van der Waals surface area contributed by atoms with Crippen LogP contribution in [-0.2, 0) is 0 Å². The Bertz CT molecular complexity index is 185. The maximum absolute atomic E-state index is 12.2. The third-order valence-corrected chi connectivity index (χ3v) is 1.27. The molecule has 0 aliphatic carbocycles. The number of allylic oxidation sites excluding steroid dienone is 1. The van der Waals surface area contributed by atoms with Gasteiger partial charge >= 0.3 is 18.3 Å². The molecule has 0 aliphatic heterocycles. The number of rotatable bonds is 4. The van der Waals surface area contributed by atoms with E-state index in [0.717, 1.165) is 0 Å². The van der Waals surface area contributed by atoms with Crippen LogP contribution in [0, 0.1) is 0 Å². The first kappa shape index (κ1) is 12.2. The predicted molar refractivity (Wildman–Crippen MR) is 31.0 cm³/mol. The molecular formula is C6H5F7. The van der Waals surface area contributed by atoms with Crippen LogP contribution in [0.3, 0.4) is 0 Å². The zero-order valence-electron chi connectivity index (χ0n) is 6.08. The molecule has 0 nitrogen and oxygen atoms in total. The first-order valence-electron chi connectivity index (χ1n) is 2.98. The minimum Gasteiger partial charge on any atom is -0.236 e. The van der Waals surface area contributed by atoms with Crippen molar-refractivity contribution in [1.29, 1.82) is 0 Å². The lowest BCUT2D eigenvalue weighted by Crippen LogP contribution is -2.51. The number of alkyl halides is 7. The molecule has 78 valence electrons. The highest BCUT2D eigenvalue weighted by atomic mass is 19.3. The Morgan fingerprint density at radius 1 is 0.923 bits per heavy atom. The number of hydrogen-bond donors (Lipinski definition) is 0. The standard InChI is InChI=1S/C6H5F7/c1-2-3(7)5(10,11)6(12,13)4(8)9/h2-4H,1H2. The van der Waals surface area contributed by atoms with Crippen LogP contribution in [0.1, 0.15) is 0 Å². The fraction of sp³-hybridized carbons (Fsp3) is 0.667. The van der Waals surface area contributed by atoms with Crippen molar-refractivity contribution < 1.29 is 30.7 Å². The van der Waals surface area contributed by atoms with Crippen molar-refractivity contribution in [2.75, 3.05) is 0 Å². The van der Waals surface area contributed by atoms with Gasteiger partial charge < -0.3 is 0 Å². The van der Waals surface area contributed by atoms with Crippen LogP contribution in [-0.4, -0.2) is 24.4 Å². The molecule has 0 rings (SSSR count). The Morgan fingerprint density at radius 2 is 1.31 bits per heavy atom. The van der Waals surface area contributed by atoms with Crippen LogP contribution in [0.25, 0.3) is 0 Å². The molecular weight excluding hydrogens is 205 g/mol. The molecule has 0 saturated carbocycles. The topological polar surface area (TPSA) is 0 Å². The lowest BCUT2D eigenvalue weighted by molar-refractivity contribution is -0.278. The first-order chi connectivity index (χ1) is 5.67. The molecule has 0 bridgehead atoms. The van der Waals surface area contributed by atoms with Crippen molar-refractivity contribution in [2.45, 2.75) is 24.4 Å². The summed E-state index contributed by atoms with van der Waals surface area (Å²) in [6, 6.07) is 0. The quantitative estimate of drug-likeness (QED) is 0.494. The average molecular weight is 210 g/mol. The molecule has 0 saturated heterocycles. The second kappa shape index (κ2) is 3.55. The Hall–Kier alpha value is -0.750. The van der Waals surface area contributed by atoms with E-state index in [4.69, 9.17) is 0 Å². The zero-order chi connectivity index (χ0) is 10.9. The van der Waals surface area contributed by atoms with Gasteiger partial charge in [-0.25, -0.2) is 13.2 Å². The smallest absolute Gasteiger partial charge is 0.236 e. The Labute approximate surface area is 69.0 Å². The van der Waals surface area contributed by atoms with E-state index in [1.807, 2.05) is 0 Å². The second-order valence-electron chi connectivity index (χ2n) is 2.18. The first-order valence-corrected chi connectivity index (χ1v) is 2.98. The summed E-state index contributed by atoms with van der Waals surface area (Å²) in [6.07, 6.45) is -8.28. The van der Waals surface area contributed by atoms with Gasteiger partial charge in [0.1, 0.15) is 0 Å². The van der Waals surface area contributed by atoms with E-state index in [1.54, 1.807) is 0 Å². The van der Waals surface area contributed by atoms with Gasteiger partial charge in [0.15, 0.2) is 6.17 Å². The predicted octanol–water partition coefficient (Wildman–Crippen LogP) is 3.05. The third-order valence-electron chi connectivity index (χ3n) is 1.27. The molecule has 0 fully saturated rings. The normalized spacial score (nSPS) is 16.0. The van der Waals surface area contributed by atoms with Gasteiger partial charge in [0.2, 0.25) is 0 Å². The van der Waals surface area contributed by atoms with E-state index in [9.17, 15) is 30.7 Å². The van der Waals surface area contributed by atoms with Crippen molar-refractivity contribution in [3.8, 4) is 0 Å². The molecule has 0 heterocycles. The van der Waals surface area contributed by atoms with Crippen molar-refractivity contribution in [3.05, 3.63) is 12.7 Å². The summed E-state index contributed by atoms with van der Waals surface area (Å²) in [5.74, 6) is -11.1. The van der Waals surface area contributed by atoms with Crippen molar-refractivity contribution in [2.24, 2.45) is 0 Å². The highest BCUT2D eigenvalue weighted by molar-refractivity contribution is 5.00. The average Bonchev–Trinajstić information content (AvgIpc) is 2.02. The summed E-state index contributed by atoms with van der Waals surface area (Å²) in [6.45, 7) is 2.47. The molecule has 0 aromatic carbocycles. The van der Waals surface area contributed by atoms with E-state index in [1.165, 1.54) is 0 Å². The SMILES string of the molecule is C=CC(F)C(F)(F)C(F)(F)C(F)F. The largest absolute Gasteiger partial charge is 0.372 e. The lowest BCUT2D eigenvalue weighted by Gasteiger charge is -2.26. The second-order valence-corrected chi connectivity index (χ2v) is 2.18. The molecule has 0 radical (unpaired) electrons. The molecule has 0 aromatic heterocycles. The summed E-state index contributed by atoms with van der Waals surface area (Å²) in [4.78, 5) is 0. The molecule has 0 amide bonds. The highest BCUT2D eigenvalue weighted by Gasteiger charge is 2.66. The minimum atomic E-state index is -5.69. The fourth-order valence-corrected chi connectivity index (χ4v) is 0.477. The molecule has 13 heavy (non-hydrogen) atoms. The molecule has 0 spiro atoms. The van der Waals surface area contributed by atoms with Gasteiger partial charge in [0.05, 0.1) is 0 Å². The van der Waals surface area contributed by atoms with E-state index in [2.05, 4.69) is 6.58 Å². The summed E-state index contributed by atoms with van der Waals surface area (Å²) < 4.78 is 83.1.